The Morgan fingerprint density at radius 1 is 1.00 bits per heavy atom. The molecule has 0 unspecified atom stereocenters. The molecule has 2 aromatic carbocycles. The third-order valence-electron chi connectivity index (χ3n) is 2.06. The molecule has 0 spiro atoms. The second kappa shape index (κ2) is 2.90. The Hall–Kier alpha value is -1.83. The van der Waals surface area contributed by atoms with Crippen LogP contribution in [-0.2, 0) is 0 Å². The molecular weight excluding hydrogens is 162 g/mol. The van der Waals surface area contributed by atoms with Crippen LogP contribution >= 0.6 is 0 Å². The van der Waals surface area contributed by atoms with Gasteiger partial charge in [-0.3, -0.25) is 4.79 Å². The van der Waals surface area contributed by atoms with Crippen LogP contribution in [0.3, 0.4) is 0 Å². The van der Waals surface area contributed by atoms with Crippen molar-refractivity contribution in [3.8, 4) is 0 Å². The van der Waals surface area contributed by atoms with Crippen LogP contribution in [0.2, 0.25) is 0 Å². The van der Waals surface area contributed by atoms with Crippen molar-refractivity contribution in [2.24, 2.45) is 5.73 Å². The summed E-state index contributed by atoms with van der Waals surface area (Å²) in [6, 6.07) is 13.2. The minimum absolute atomic E-state index is 0.378. The number of carbonyl (C=O) groups excluding carboxylic acids is 1. The molecule has 0 radical (unpaired) electrons. The van der Waals surface area contributed by atoms with Gasteiger partial charge in [0.25, 0.3) is 0 Å². The van der Waals surface area contributed by atoms with Gasteiger partial charge in [0.05, 0.1) is 0 Å². The topological polar surface area (TPSA) is 43.1 Å². The highest BCUT2D eigenvalue weighted by molar-refractivity contribution is 6.06. The van der Waals surface area contributed by atoms with E-state index in [-0.39, 0.29) is 5.91 Å². The van der Waals surface area contributed by atoms with Crippen molar-refractivity contribution in [1.82, 2.24) is 0 Å². The van der Waals surface area contributed by atoms with Gasteiger partial charge in [-0.2, -0.15) is 0 Å². The van der Waals surface area contributed by atoms with Crippen molar-refractivity contribution in [3.63, 3.8) is 0 Å². The lowest BCUT2D eigenvalue weighted by atomic mass is 10.0. The van der Waals surface area contributed by atoms with Crippen LogP contribution in [0, 0.1) is 0 Å². The van der Waals surface area contributed by atoms with Crippen LogP contribution in [0.25, 0.3) is 10.8 Å². The Morgan fingerprint density at radius 3 is 2.46 bits per heavy atom. The number of rotatable bonds is 1. The quantitative estimate of drug-likeness (QED) is 0.700. The van der Waals surface area contributed by atoms with E-state index >= 15 is 0 Å². The molecule has 0 fully saturated rings. The Labute approximate surface area is 76.0 Å². The van der Waals surface area contributed by atoms with Gasteiger partial charge in [-0.05, 0) is 16.8 Å². The fraction of sp³-hybridized carbons (Fsp3) is 0. The molecule has 13 heavy (non-hydrogen) atoms. The SMILES string of the molecule is NC(=O)c1cccc2ccccc12. The van der Waals surface area contributed by atoms with Gasteiger partial charge < -0.3 is 5.73 Å². The molecule has 0 atom stereocenters. The summed E-state index contributed by atoms with van der Waals surface area (Å²) in [6.07, 6.45) is 0. The van der Waals surface area contributed by atoms with E-state index in [0.29, 0.717) is 5.56 Å². The van der Waals surface area contributed by atoms with Crippen molar-refractivity contribution in [3.05, 3.63) is 48.0 Å². The first-order valence-corrected chi connectivity index (χ1v) is 4.06. The molecule has 0 aromatic heterocycles. The maximum absolute atomic E-state index is 11.0. The van der Waals surface area contributed by atoms with Gasteiger partial charge in [0.15, 0.2) is 0 Å². The molecule has 2 N–H and O–H groups in total. The second-order valence-electron chi connectivity index (χ2n) is 2.89. The summed E-state index contributed by atoms with van der Waals surface area (Å²) in [5.41, 5.74) is 5.82. The molecule has 2 aromatic rings. The van der Waals surface area contributed by atoms with Gasteiger partial charge >= 0.3 is 0 Å². The molecule has 0 saturated heterocycles. The molecule has 1 amide bonds. The van der Waals surface area contributed by atoms with E-state index in [4.69, 9.17) is 5.73 Å². The van der Waals surface area contributed by atoms with Crippen LogP contribution in [0.1, 0.15) is 10.4 Å². The maximum atomic E-state index is 11.0. The van der Waals surface area contributed by atoms with E-state index in [1.54, 1.807) is 6.07 Å². The number of hydrogen-bond acceptors (Lipinski definition) is 1. The van der Waals surface area contributed by atoms with Crippen molar-refractivity contribution < 1.29 is 4.79 Å². The molecule has 2 rings (SSSR count). The van der Waals surface area contributed by atoms with E-state index in [2.05, 4.69) is 0 Å². The first-order chi connectivity index (χ1) is 6.29. The minimum Gasteiger partial charge on any atom is -0.366 e. The van der Waals surface area contributed by atoms with Gasteiger partial charge in [0, 0.05) is 5.56 Å². The molecule has 0 aliphatic heterocycles. The van der Waals surface area contributed by atoms with Crippen LogP contribution in [-0.4, -0.2) is 5.91 Å². The first-order valence-electron chi connectivity index (χ1n) is 4.06. The summed E-state index contributed by atoms with van der Waals surface area (Å²) in [5.74, 6) is -0.378. The van der Waals surface area contributed by atoms with Crippen LogP contribution in [0.4, 0.5) is 0 Å². The Morgan fingerprint density at radius 2 is 1.69 bits per heavy atom. The number of fused-ring (bicyclic) bond motifs is 1. The molecule has 0 heterocycles. The molecule has 2 heteroatoms. The average Bonchev–Trinajstić information content (AvgIpc) is 2.17. The summed E-state index contributed by atoms with van der Waals surface area (Å²) in [7, 11) is 0. The highest BCUT2D eigenvalue weighted by Gasteiger charge is 2.03. The zero-order valence-electron chi connectivity index (χ0n) is 7.03. The molecule has 2 nitrogen and oxygen atoms in total. The summed E-state index contributed by atoms with van der Waals surface area (Å²) in [5, 5.41) is 1.95. The summed E-state index contributed by atoms with van der Waals surface area (Å²) in [4.78, 5) is 11.0. The Kier molecular flexibility index (Phi) is 1.74. The molecule has 0 saturated carbocycles. The van der Waals surface area contributed by atoms with Gasteiger partial charge in [0.1, 0.15) is 0 Å². The monoisotopic (exact) mass is 171 g/mol. The van der Waals surface area contributed by atoms with E-state index in [1.165, 1.54) is 0 Å². The van der Waals surface area contributed by atoms with Crippen LogP contribution in [0.15, 0.2) is 42.5 Å². The second-order valence-corrected chi connectivity index (χ2v) is 2.89. The van der Waals surface area contributed by atoms with E-state index in [9.17, 15) is 4.79 Å². The predicted molar refractivity (Wildman–Crippen MR) is 52.5 cm³/mol. The third-order valence-corrected chi connectivity index (χ3v) is 2.06. The molecule has 0 bridgehead atoms. The van der Waals surface area contributed by atoms with Crippen LogP contribution in [0.5, 0.6) is 0 Å². The zero-order chi connectivity index (χ0) is 9.26. The highest BCUT2D eigenvalue weighted by Crippen LogP contribution is 2.17. The van der Waals surface area contributed by atoms with E-state index in [1.807, 2.05) is 36.4 Å². The van der Waals surface area contributed by atoms with Crippen molar-refractivity contribution in [2.45, 2.75) is 0 Å². The van der Waals surface area contributed by atoms with Gasteiger partial charge in [-0.25, -0.2) is 0 Å². The van der Waals surface area contributed by atoms with E-state index in [0.717, 1.165) is 10.8 Å². The summed E-state index contributed by atoms with van der Waals surface area (Å²) >= 11 is 0. The predicted octanol–water partition coefficient (Wildman–Crippen LogP) is 1.94. The third kappa shape index (κ3) is 1.26. The summed E-state index contributed by atoms with van der Waals surface area (Å²) < 4.78 is 0. The van der Waals surface area contributed by atoms with Gasteiger partial charge in [-0.1, -0.05) is 36.4 Å². The lowest BCUT2D eigenvalue weighted by Gasteiger charge is -2.01. The smallest absolute Gasteiger partial charge is 0.249 e. The standard InChI is InChI=1S/C11H9NO/c12-11(13)10-7-3-5-8-4-1-2-6-9(8)10/h1-7H,(H2,12,13). The number of carbonyl (C=O) groups is 1. The van der Waals surface area contributed by atoms with Crippen molar-refractivity contribution in [2.75, 3.05) is 0 Å². The molecule has 64 valence electrons. The Bertz CT molecular complexity index is 457. The molecule has 0 aliphatic carbocycles. The number of benzene rings is 2. The molecular formula is C11H9NO. The number of primary amides is 1. The largest absolute Gasteiger partial charge is 0.366 e. The van der Waals surface area contributed by atoms with Gasteiger partial charge in [0.2, 0.25) is 5.91 Å². The maximum Gasteiger partial charge on any atom is 0.249 e. The number of hydrogen-bond donors (Lipinski definition) is 1. The minimum atomic E-state index is -0.378. The lowest BCUT2D eigenvalue weighted by Crippen LogP contribution is -2.11. The number of amides is 1. The van der Waals surface area contributed by atoms with Crippen molar-refractivity contribution in [1.29, 1.82) is 0 Å². The van der Waals surface area contributed by atoms with Gasteiger partial charge in [-0.15, -0.1) is 0 Å². The first kappa shape index (κ1) is 7.80. The fourth-order valence-corrected chi connectivity index (χ4v) is 1.44. The van der Waals surface area contributed by atoms with E-state index < -0.39 is 0 Å². The zero-order valence-corrected chi connectivity index (χ0v) is 7.03. The highest BCUT2D eigenvalue weighted by atomic mass is 16.1. The lowest BCUT2D eigenvalue weighted by molar-refractivity contribution is 0.100. The molecule has 0 aliphatic rings. The Balaban J connectivity index is 2.83. The normalized spacial score (nSPS) is 10.2. The number of nitrogens with two attached hydrogens (primary N) is 1. The summed E-state index contributed by atoms with van der Waals surface area (Å²) in [6.45, 7) is 0. The van der Waals surface area contributed by atoms with Crippen molar-refractivity contribution >= 4 is 16.7 Å². The average molecular weight is 171 g/mol. The fourth-order valence-electron chi connectivity index (χ4n) is 1.44. The van der Waals surface area contributed by atoms with Crippen LogP contribution < -0.4 is 5.73 Å².